The average Bonchev–Trinajstić information content (AvgIpc) is 2.44. The molecule has 2 N–H and O–H groups in total. The largest absolute Gasteiger partial charge is 0.497 e. The molecule has 0 aliphatic carbocycles. The number of benzene rings is 1. The minimum atomic E-state index is -0.173. The highest BCUT2D eigenvalue weighted by Gasteiger charge is 2.10. The lowest BCUT2D eigenvalue weighted by Gasteiger charge is -2.18. The van der Waals surface area contributed by atoms with Crippen LogP contribution in [0.4, 0.5) is 4.79 Å². The third kappa shape index (κ3) is 4.99. The summed E-state index contributed by atoms with van der Waals surface area (Å²) in [5, 5.41) is 5.72. The Morgan fingerprint density at radius 2 is 1.65 bits per heavy atom. The van der Waals surface area contributed by atoms with Crippen molar-refractivity contribution in [2.24, 2.45) is 5.92 Å². The number of carbonyl (C=O) groups is 1. The van der Waals surface area contributed by atoms with Gasteiger partial charge < -0.3 is 20.1 Å². The maximum Gasteiger partial charge on any atom is 0.315 e. The average molecular weight is 280 g/mol. The van der Waals surface area contributed by atoms with Crippen LogP contribution >= 0.6 is 0 Å². The molecule has 1 rings (SSSR count). The fraction of sp³-hybridized carbons (Fsp3) is 0.533. The standard InChI is InChI=1S/C15H24N2O3/c1-10(2)11(3)17-15(18)16-9-12-6-13(19-4)8-14(7-12)20-5/h6-8,10-11H,9H2,1-5H3,(H2,16,17,18). The number of nitrogens with one attached hydrogen (secondary N) is 2. The molecule has 0 aliphatic rings. The second kappa shape index (κ2) is 7.62. The summed E-state index contributed by atoms with van der Waals surface area (Å²) < 4.78 is 10.4. The fourth-order valence-electron chi connectivity index (χ4n) is 1.58. The monoisotopic (exact) mass is 280 g/mol. The molecule has 1 atom stereocenters. The maximum absolute atomic E-state index is 11.8. The Morgan fingerprint density at radius 1 is 1.10 bits per heavy atom. The molecule has 0 radical (unpaired) electrons. The Balaban J connectivity index is 2.58. The molecule has 0 aromatic heterocycles. The molecular weight excluding hydrogens is 256 g/mol. The van der Waals surface area contributed by atoms with E-state index in [9.17, 15) is 4.79 Å². The van der Waals surface area contributed by atoms with Crippen molar-refractivity contribution >= 4 is 6.03 Å². The zero-order valence-electron chi connectivity index (χ0n) is 12.8. The molecule has 1 aromatic carbocycles. The number of hydrogen-bond donors (Lipinski definition) is 2. The Kier molecular flexibility index (Phi) is 6.15. The van der Waals surface area contributed by atoms with Gasteiger partial charge in [-0.15, -0.1) is 0 Å². The van der Waals surface area contributed by atoms with E-state index in [1.165, 1.54) is 0 Å². The van der Waals surface area contributed by atoms with E-state index in [1.807, 2.05) is 19.1 Å². The van der Waals surface area contributed by atoms with Gasteiger partial charge in [-0.05, 0) is 30.5 Å². The van der Waals surface area contributed by atoms with Crippen LogP contribution < -0.4 is 20.1 Å². The molecule has 20 heavy (non-hydrogen) atoms. The van der Waals surface area contributed by atoms with E-state index >= 15 is 0 Å². The van der Waals surface area contributed by atoms with Crippen molar-refractivity contribution in [3.05, 3.63) is 23.8 Å². The molecule has 5 heteroatoms. The molecule has 2 amide bonds. The first-order valence-electron chi connectivity index (χ1n) is 6.72. The second-order valence-corrected chi connectivity index (χ2v) is 5.08. The van der Waals surface area contributed by atoms with Crippen LogP contribution in [0.25, 0.3) is 0 Å². The highest BCUT2D eigenvalue weighted by molar-refractivity contribution is 5.74. The van der Waals surface area contributed by atoms with Gasteiger partial charge in [0, 0.05) is 18.7 Å². The van der Waals surface area contributed by atoms with Crippen molar-refractivity contribution in [2.45, 2.75) is 33.4 Å². The molecule has 0 bridgehead atoms. The van der Waals surface area contributed by atoms with Crippen LogP contribution in [-0.2, 0) is 6.54 Å². The van der Waals surface area contributed by atoms with Gasteiger partial charge in [-0.3, -0.25) is 0 Å². The van der Waals surface area contributed by atoms with Crippen LogP contribution in [0.3, 0.4) is 0 Å². The highest BCUT2D eigenvalue weighted by Crippen LogP contribution is 2.22. The summed E-state index contributed by atoms with van der Waals surface area (Å²) in [5.41, 5.74) is 0.925. The zero-order chi connectivity index (χ0) is 15.1. The fourth-order valence-corrected chi connectivity index (χ4v) is 1.58. The van der Waals surface area contributed by atoms with Gasteiger partial charge in [0.2, 0.25) is 0 Å². The number of ether oxygens (including phenoxy) is 2. The summed E-state index contributed by atoms with van der Waals surface area (Å²) in [5.74, 6) is 1.81. The number of rotatable bonds is 6. The molecule has 112 valence electrons. The van der Waals surface area contributed by atoms with Crippen molar-refractivity contribution in [3.63, 3.8) is 0 Å². The lowest BCUT2D eigenvalue weighted by atomic mass is 10.1. The van der Waals surface area contributed by atoms with Crippen molar-refractivity contribution in [2.75, 3.05) is 14.2 Å². The van der Waals surface area contributed by atoms with Gasteiger partial charge in [0.05, 0.1) is 14.2 Å². The van der Waals surface area contributed by atoms with E-state index in [0.29, 0.717) is 24.0 Å². The molecule has 1 unspecified atom stereocenters. The van der Waals surface area contributed by atoms with Crippen LogP contribution in [0.2, 0.25) is 0 Å². The van der Waals surface area contributed by atoms with Gasteiger partial charge in [0.25, 0.3) is 0 Å². The summed E-state index contributed by atoms with van der Waals surface area (Å²) >= 11 is 0. The zero-order valence-corrected chi connectivity index (χ0v) is 12.8. The molecule has 0 spiro atoms. The Morgan fingerprint density at radius 3 is 2.10 bits per heavy atom. The first-order chi connectivity index (χ1) is 9.46. The van der Waals surface area contributed by atoms with Crippen LogP contribution in [0.15, 0.2) is 18.2 Å². The van der Waals surface area contributed by atoms with E-state index in [2.05, 4.69) is 24.5 Å². The lowest BCUT2D eigenvalue weighted by molar-refractivity contribution is 0.234. The normalized spacial score (nSPS) is 11.9. The quantitative estimate of drug-likeness (QED) is 0.842. The molecule has 0 aliphatic heterocycles. The smallest absolute Gasteiger partial charge is 0.315 e. The minimum Gasteiger partial charge on any atom is -0.497 e. The summed E-state index contributed by atoms with van der Waals surface area (Å²) in [6, 6.07) is 5.50. The van der Waals surface area contributed by atoms with Crippen LogP contribution in [-0.4, -0.2) is 26.3 Å². The van der Waals surface area contributed by atoms with Gasteiger partial charge in [-0.1, -0.05) is 13.8 Å². The van der Waals surface area contributed by atoms with E-state index in [-0.39, 0.29) is 12.1 Å². The molecule has 0 saturated carbocycles. The molecule has 5 nitrogen and oxygen atoms in total. The predicted molar refractivity (Wildman–Crippen MR) is 79.2 cm³/mol. The lowest BCUT2D eigenvalue weighted by Crippen LogP contribution is -2.42. The minimum absolute atomic E-state index is 0.134. The van der Waals surface area contributed by atoms with Gasteiger partial charge >= 0.3 is 6.03 Å². The molecule has 0 saturated heterocycles. The summed E-state index contributed by atoms with van der Waals surface area (Å²) in [6.07, 6.45) is 0. The number of urea groups is 1. The first kappa shape index (κ1) is 16.1. The van der Waals surface area contributed by atoms with Crippen molar-refractivity contribution in [3.8, 4) is 11.5 Å². The van der Waals surface area contributed by atoms with E-state index < -0.39 is 0 Å². The second-order valence-electron chi connectivity index (χ2n) is 5.08. The number of carbonyl (C=O) groups excluding carboxylic acids is 1. The molecular formula is C15H24N2O3. The van der Waals surface area contributed by atoms with Crippen LogP contribution in [0.1, 0.15) is 26.3 Å². The summed E-state index contributed by atoms with van der Waals surface area (Å²) in [7, 11) is 3.20. The number of hydrogen-bond acceptors (Lipinski definition) is 3. The van der Waals surface area contributed by atoms with E-state index in [0.717, 1.165) is 5.56 Å². The van der Waals surface area contributed by atoms with Gasteiger partial charge in [-0.2, -0.15) is 0 Å². The summed E-state index contributed by atoms with van der Waals surface area (Å²) in [6.45, 7) is 6.54. The van der Waals surface area contributed by atoms with Crippen molar-refractivity contribution < 1.29 is 14.3 Å². The third-order valence-corrected chi connectivity index (χ3v) is 3.22. The molecule has 0 heterocycles. The summed E-state index contributed by atoms with van der Waals surface area (Å²) in [4.78, 5) is 11.8. The van der Waals surface area contributed by atoms with E-state index in [1.54, 1.807) is 20.3 Å². The Hall–Kier alpha value is -1.91. The van der Waals surface area contributed by atoms with Gasteiger partial charge in [0.1, 0.15) is 11.5 Å². The topological polar surface area (TPSA) is 59.6 Å². The Bertz CT molecular complexity index is 424. The SMILES string of the molecule is COc1cc(CNC(=O)NC(C)C(C)C)cc(OC)c1. The maximum atomic E-state index is 11.8. The van der Waals surface area contributed by atoms with Gasteiger partial charge in [0.15, 0.2) is 0 Å². The Labute approximate surface area is 120 Å². The van der Waals surface area contributed by atoms with E-state index in [4.69, 9.17) is 9.47 Å². The predicted octanol–water partition coefficient (Wildman–Crippen LogP) is 2.55. The van der Waals surface area contributed by atoms with Crippen molar-refractivity contribution in [1.29, 1.82) is 0 Å². The number of amides is 2. The first-order valence-corrected chi connectivity index (χ1v) is 6.72. The molecule has 0 fully saturated rings. The highest BCUT2D eigenvalue weighted by atomic mass is 16.5. The third-order valence-electron chi connectivity index (χ3n) is 3.22. The van der Waals surface area contributed by atoms with Crippen molar-refractivity contribution in [1.82, 2.24) is 10.6 Å². The van der Waals surface area contributed by atoms with Crippen LogP contribution in [0.5, 0.6) is 11.5 Å². The number of methoxy groups -OCH3 is 2. The van der Waals surface area contributed by atoms with Gasteiger partial charge in [-0.25, -0.2) is 4.79 Å². The molecule has 1 aromatic rings. The van der Waals surface area contributed by atoms with Crippen LogP contribution in [0, 0.1) is 5.92 Å².